The molecular formula is C22H25N5O4. The van der Waals surface area contributed by atoms with Crippen LogP contribution in [0.2, 0.25) is 0 Å². The molecule has 0 aliphatic carbocycles. The van der Waals surface area contributed by atoms with Crippen molar-refractivity contribution >= 4 is 11.7 Å². The van der Waals surface area contributed by atoms with Gasteiger partial charge in [-0.3, -0.25) is 9.59 Å². The van der Waals surface area contributed by atoms with Gasteiger partial charge in [0.15, 0.2) is 17.3 Å². The van der Waals surface area contributed by atoms with Crippen LogP contribution in [-0.2, 0) is 4.79 Å². The highest BCUT2D eigenvalue weighted by atomic mass is 16.5. The van der Waals surface area contributed by atoms with Crippen molar-refractivity contribution in [3.05, 3.63) is 57.5 Å². The Morgan fingerprint density at radius 3 is 2.77 bits per heavy atom. The summed E-state index contributed by atoms with van der Waals surface area (Å²) < 4.78 is 13.2. The van der Waals surface area contributed by atoms with Crippen LogP contribution in [0.5, 0.6) is 11.5 Å². The number of unbranched alkanes of at least 4 members (excludes halogenated alkanes) is 1. The zero-order valence-electron chi connectivity index (χ0n) is 17.8. The van der Waals surface area contributed by atoms with Crippen molar-refractivity contribution in [2.75, 3.05) is 19.0 Å². The van der Waals surface area contributed by atoms with Gasteiger partial charge in [0.25, 0.3) is 5.56 Å². The summed E-state index contributed by atoms with van der Waals surface area (Å²) in [5.74, 6) is 1.85. The molecule has 0 radical (unpaired) electrons. The van der Waals surface area contributed by atoms with Gasteiger partial charge in [-0.25, -0.2) is 5.10 Å². The quantitative estimate of drug-likeness (QED) is 0.565. The minimum atomic E-state index is -0.311. The maximum Gasteiger partial charge on any atom is 0.264 e. The van der Waals surface area contributed by atoms with Crippen LogP contribution in [-0.4, -0.2) is 39.6 Å². The van der Waals surface area contributed by atoms with Crippen molar-refractivity contribution in [2.24, 2.45) is 0 Å². The van der Waals surface area contributed by atoms with E-state index in [1.807, 2.05) is 25.1 Å². The van der Waals surface area contributed by atoms with Crippen molar-refractivity contribution in [3.63, 3.8) is 0 Å². The number of carbonyl (C=O) groups excluding carboxylic acids is 1. The number of hydrogen-bond acceptors (Lipinski definition) is 6. The van der Waals surface area contributed by atoms with Gasteiger partial charge in [0.1, 0.15) is 5.82 Å². The molecule has 4 rings (SSSR count). The van der Waals surface area contributed by atoms with E-state index in [-0.39, 0.29) is 23.8 Å². The van der Waals surface area contributed by atoms with E-state index in [1.165, 1.54) is 6.07 Å². The van der Waals surface area contributed by atoms with Crippen molar-refractivity contribution in [2.45, 2.75) is 39.0 Å². The number of fused-ring (bicyclic) bond motifs is 1. The minimum absolute atomic E-state index is 0.134. The smallest absolute Gasteiger partial charge is 0.264 e. The average molecular weight is 423 g/mol. The number of hydrogen-bond donors (Lipinski definition) is 2. The summed E-state index contributed by atoms with van der Waals surface area (Å²) in [6, 6.07) is 8.65. The summed E-state index contributed by atoms with van der Waals surface area (Å²) in [4.78, 5) is 24.1. The molecule has 2 N–H and O–H groups in total. The summed E-state index contributed by atoms with van der Waals surface area (Å²) in [6.45, 7) is 4.56. The fourth-order valence-electron chi connectivity index (χ4n) is 3.87. The van der Waals surface area contributed by atoms with E-state index >= 15 is 0 Å². The van der Waals surface area contributed by atoms with Gasteiger partial charge in [-0.15, -0.1) is 0 Å². The third kappa shape index (κ3) is 3.90. The molecule has 0 saturated carbocycles. The molecule has 1 amide bonds. The molecule has 1 atom stereocenters. The Morgan fingerprint density at radius 1 is 1.23 bits per heavy atom. The van der Waals surface area contributed by atoms with Crippen LogP contribution in [0.4, 0.5) is 5.82 Å². The van der Waals surface area contributed by atoms with E-state index in [4.69, 9.17) is 9.47 Å². The van der Waals surface area contributed by atoms with Crippen molar-refractivity contribution in [1.82, 2.24) is 20.0 Å². The van der Waals surface area contributed by atoms with Gasteiger partial charge in [0.2, 0.25) is 5.91 Å². The van der Waals surface area contributed by atoms with Gasteiger partial charge in [0, 0.05) is 29.5 Å². The zero-order chi connectivity index (χ0) is 22.0. The first-order valence-corrected chi connectivity index (χ1v) is 10.3. The number of nitrogens with one attached hydrogen (secondary N) is 2. The first-order valence-electron chi connectivity index (χ1n) is 10.3. The van der Waals surface area contributed by atoms with E-state index in [2.05, 4.69) is 27.5 Å². The second kappa shape index (κ2) is 8.63. The summed E-state index contributed by atoms with van der Waals surface area (Å²) in [7, 11) is 1.61. The first-order chi connectivity index (χ1) is 15.0. The molecule has 1 unspecified atom stereocenters. The third-order valence-corrected chi connectivity index (χ3v) is 5.33. The van der Waals surface area contributed by atoms with E-state index in [1.54, 1.807) is 17.9 Å². The number of para-hydroxylation sites is 1. The van der Waals surface area contributed by atoms with E-state index in [9.17, 15) is 9.59 Å². The lowest BCUT2D eigenvalue weighted by molar-refractivity contribution is -0.116. The molecule has 0 fully saturated rings. The molecule has 0 saturated heterocycles. The molecule has 162 valence electrons. The van der Waals surface area contributed by atoms with Crippen LogP contribution in [0.15, 0.2) is 35.1 Å². The first kappa shape index (κ1) is 20.6. The van der Waals surface area contributed by atoms with Crippen molar-refractivity contribution in [3.8, 4) is 17.3 Å². The standard InChI is InChI=1S/C22H25N5O4/c1-4-5-11-31-21-14(7-6-8-16(21)30-3)15-12-19(29)23-22-20(15)13(2)26-27(22)17-9-10-18(28)25-24-17/h6-10,15H,4-5,11-12H2,1-3H3,(H,23,29)(H,25,28). The molecule has 9 heteroatoms. The largest absolute Gasteiger partial charge is 0.493 e. The maximum absolute atomic E-state index is 12.7. The molecule has 1 aliphatic heterocycles. The van der Waals surface area contributed by atoms with Crippen LogP contribution in [0.1, 0.15) is 48.9 Å². The Hall–Kier alpha value is -3.62. The summed E-state index contributed by atoms with van der Waals surface area (Å²) in [6.07, 6.45) is 2.19. The Balaban J connectivity index is 1.84. The van der Waals surface area contributed by atoms with Crippen LogP contribution in [0.25, 0.3) is 5.82 Å². The Morgan fingerprint density at radius 2 is 2.06 bits per heavy atom. The monoisotopic (exact) mass is 423 g/mol. The highest BCUT2D eigenvalue weighted by Crippen LogP contribution is 2.45. The molecule has 2 aromatic heterocycles. The second-order valence-corrected chi connectivity index (χ2v) is 7.42. The number of nitrogens with zero attached hydrogens (tertiary/aromatic N) is 3. The number of H-pyrrole nitrogens is 1. The highest BCUT2D eigenvalue weighted by molar-refractivity contribution is 5.95. The van der Waals surface area contributed by atoms with Crippen molar-refractivity contribution in [1.29, 1.82) is 0 Å². The number of amides is 1. The number of carbonyl (C=O) groups is 1. The van der Waals surface area contributed by atoms with Crippen molar-refractivity contribution < 1.29 is 14.3 Å². The lowest BCUT2D eigenvalue weighted by atomic mass is 9.85. The van der Waals surface area contributed by atoms with Gasteiger partial charge in [-0.2, -0.15) is 14.9 Å². The number of aromatic nitrogens is 4. The van der Waals surface area contributed by atoms with E-state index < -0.39 is 0 Å². The molecular weight excluding hydrogens is 398 g/mol. The molecule has 0 bridgehead atoms. The maximum atomic E-state index is 12.7. The topological polar surface area (TPSA) is 111 Å². The predicted octanol–water partition coefficient (Wildman–Crippen LogP) is 2.93. The molecule has 9 nitrogen and oxygen atoms in total. The van der Waals surface area contributed by atoms with Gasteiger partial charge < -0.3 is 14.8 Å². The summed E-state index contributed by atoms with van der Waals surface area (Å²) in [5, 5.41) is 14.0. The minimum Gasteiger partial charge on any atom is -0.493 e. The molecule has 1 aliphatic rings. The molecule has 1 aromatic carbocycles. The zero-order valence-corrected chi connectivity index (χ0v) is 17.8. The van der Waals surface area contributed by atoms with Crippen LogP contribution in [0.3, 0.4) is 0 Å². The number of benzene rings is 1. The number of methoxy groups -OCH3 is 1. The Kier molecular flexibility index (Phi) is 5.75. The normalized spacial score (nSPS) is 15.3. The third-order valence-electron chi connectivity index (χ3n) is 5.33. The van der Waals surface area contributed by atoms with E-state index in [0.717, 1.165) is 29.7 Å². The fourth-order valence-corrected chi connectivity index (χ4v) is 3.87. The van der Waals surface area contributed by atoms with Crippen LogP contribution < -0.4 is 20.3 Å². The highest BCUT2D eigenvalue weighted by Gasteiger charge is 2.35. The van der Waals surface area contributed by atoms with Crippen LogP contribution >= 0.6 is 0 Å². The molecule has 31 heavy (non-hydrogen) atoms. The summed E-state index contributed by atoms with van der Waals surface area (Å²) >= 11 is 0. The predicted molar refractivity (Wildman–Crippen MR) is 115 cm³/mol. The number of anilines is 1. The SMILES string of the molecule is CCCCOc1c(OC)cccc1C1CC(=O)Nc2c1c(C)nn2-c1ccc(=O)[nH]n1. The fraction of sp³-hybridized carbons (Fsp3) is 0.364. The van der Waals surface area contributed by atoms with Gasteiger partial charge in [-0.1, -0.05) is 25.5 Å². The van der Waals surface area contributed by atoms with Gasteiger partial charge >= 0.3 is 0 Å². The molecule has 3 aromatic rings. The Labute approximate surface area is 179 Å². The average Bonchev–Trinajstić information content (AvgIpc) is 3.10. The lowest BCUT2D eigenvalue weighted by Gasteiger charge is -2.26. The van der Waals surface area contributed by atoms with E-state index in [0.29, 0.717) is 29.7 Å². The van der Waals surface area contributed by atoms with Crippen LogP contribution in [0, 0.1) is 6.92 Å². The lowest BCUT2D eigenvalue weighted by Crippen LogP contribution is -2.25. The number of ether oxygens (including phenoxy) is 2. The number of aryl methyl sites for hydroxylation is 1. The number of aromatic amines is 1. The summed E-state index contributed by atoms with van der Waals surface area (Å²) in [5.41, 5.74) is 2.22. The second-order valence-electron chi connectivity index (χ2n) is 7.42. The Bertz CT molecular complexity index is 1150. The molecule has 3 heterocycles. The van der Waals surface area contributed by atoms with Gasteiger partial charge in [-0.05, 0) is 25.5 Å². The molecule has 0 spiro atoms. The number of rotatable bonds is 7. The van der Waals surface area contributed by atoms with Gasteiger partial charge in [0.05, 0.1) is 19.4 Å².